The van der Waals surface area contributed by atoms with E-state index in [2.05, 4.69) is 19.9 Å². The van der Waals surface area contributed by atoms with Gasteiger partial charge in [0.05, 0.1) is 32.7 Å². The van der Waals surface area contributed by atoms with Crippen molar-refractivity contribution in [2.75, 3.05) is 39.1 Å². The van der Waals surface area contributed by atoms with Gasteiger partial charge in [-0.1, -0.05) is 13.8 Å². The van der Waals surface area contributed by atoms with E-state index in [9.17, 15) is 0 Å². The second kappa shape index (κ2) is 8.32. The van der Waals surface area contributed by atoms with Crippen LogP contribution in [0.3, 0.4) is 0 Å². The van der Waals surface area contributed by atoms with Gasteiger partial charge in [-0.15, -0.1) is 11.6 Å². The number of hydrogen-bond donors (Lipinski definition) is 0. The van der Waals surface area contributed by atoms with Crippen molar-refractivity contribution in [3.05, 3.63) is 23.3 Å². The van der Waals surface area contributed by atoms with E-state index in [-0.39, 0.29) is 5.25 Å². The van der Waals surface area contributed by atoms with Crippen LogP contribution in [0.2, 0.25) is 0 Å². The van der Waals surface area contributed by atoms with Crippen molar-refractivity contribution in [3.8, 4) is 11.5 Å². The molecule has 124 valence electrons. The summed E-state index contributed by atoms with van der Waals surface area (Å²) < 4.78 is 16.8. The van der Waals surface area contributed by atoms with Crippen molar-refractivity contribution >= 4 is 23.4 Å². The lowest BCUT2D eigenvalue weighted by Crippen LogP contribution is -2.11. The van der Waals surface area contributed by atoms with E-state index in [1.807, 2.05) is 17.8 Å². The molecular formula is C17H25ClO3S. The third kappa shape index (κ3) is 3.84. The summed E-state index contributed by atoms with van der Waals surface area (Å²) in [5.41, 5.74) is 2.56. The average Bonchev–Trinajstić information content (AvgIpc) is 2.66. The molecule has 0 saturated carbocycles. The second-order valence-electron chi connectivity index (χ2n) is 5.68. The molecule has 22 heavy (non-hydrogen) atoms. The molecule has 3 nitrogen and oxygen atoms in total. The molecule has 2 rings (SSSR count). The first-order chi connectivity index (χ1) is 10.6. The maximum atomic E-state index is 5.72. The molecule has 0 aliphatic carbocycles. The van der Waals surface area contributed by atoms with Crippen LogP contribution < -0.4 is 9.47 Å². The van der Waals surface area contributed by atoms with Crippen molar-refractivity contribution in [2.24, 2.45) is 5.92 Å². The van der Waals surface area contributed by atoms with Crippen LogP contribution in [-0.4, -0.2) is 39.1 Å². The van der Waals surface area contributed by atoms with Crippen LogP contribution in [0.1, 0.15) is 36.1 Å². The molecule has 1 aromatic carbocycles. The summed E-state index contributed by atoms with van der Waals surface area (Å²) in [6, 6.07) is 4.12. The summed E-state index contributed by atoms with van der Waals surface area (Å²) in [5.74, 6) is 4.43. The fraction of sp³-hybridized carbons (Fsp3) is 0.647. The molecule has 1 heterocycles. The van der Waals surface area contributed by atoms with Gasteiger partial charge in [-0.25, -0.2) is 0 Å². The molecule has 0 fully saturated rings. The third-order valence-corrected chi connectivity index (χ3v) is 5.97. The van der Waals surface area contributed by atoms with E-state index < -0.39 is 0 Å². The Morgan fingerprint density at radius 3 is 2.64 bits per heavy atom. The first kappa shape index (κ1) is 17.8. The van der Waals surface area contributed by atoms with Gasteiger partial charge in [0, 0.05) is 17.5 Å². The van der Waals surface area contributed by atoms with Crippen molar-refractivity contribution in [3.63, 3.8) is 0 Å². The summed E-state index contributed by atoms with van der Waals surface area (Å²) in [7, 11) is 3.41. The molecule has 5 heteroatoms. The zero-order valence-electron chi connectivity index (χ0n) is 13.7. The molecule has 0 spiro atoms. The van der Waals surface area contributed by atoms with Crippen LogP contribution in [0.25, 0.3) is 0 Å². The summed E-state index contributed by atoms with van der Waals surface area (Å²) in [4.78, 5) is 0. The van der Waals surface area contributed by atoms with E-state index in [1.54, 1.807) is 14.2 Å². The number of alkyl halides is 1. The number of ether oxygens (including phenoxy) is 3. The Kier molecular flexibility index (Phi) is 6.72. The van der Waals surface area contributed by atoms with Gasteiger partial charge in [0.1, 0.15) is 11.5 Å². The molecule has 3 atom stereocenters. The molecular weight excluding hydrogens is 320 g/mol. The van der Waals surface area contributed by atoms with Crippen molar-refractivity contribution in [2.45, 2.75) is 25.0 Å². The topological polar surface area (TPSA) is 27.7 Å². The van der Waals surface area contributed by atoms with Gasteiger partial charge in [-0.3, -0.25) is 0 Å². The molecule has 3 unspecified atom stereocenters. The largest absolute Gasteiger partial charge is 0.497 e. The van der Waals surface area contributed by atoms with Crippen LogP contribution >= 0.6 is 23.4 Å². The van der Waals surface area contributed by atoms with E-state index >= 15 is 0 Å². The minimum atomic E-state index is 0.270. The smallest absolute Gasteiger partial charge is 0.127 e. The predicted octanol–water partition coefficient (Wildman–Crippen LogP) is 4.49. The maximum Gasteiger partial charge on any atom is 0.127 e. The molecule has 0 radical (unpaired) electrons. The van der Waals surface area contributed by atoms with Crippen molar-refractivity contribution < 1.29 is 14.2 Å². The monoisotopic (exact) mass is 344 g/mol. The predicted molar refractivity (Wildman–Crippen MR) is 93.9 cm³/mol. The fourth-order valence-electron chi connectivity index (χ4n) is 2.81. The van der Waals surface area contributed by atoms with Gasteiger partial charge >= 0.3 is 0 Å². The SMILES string of the molecule is COc1cc(OC)c2c(c1)C(C)C(C)CSC2COCCCl. The van der Waals surface area contributed by atoms with Crippen LogP contribution in [0, 0.1) is 5.92 Å². The summed E-state index contributed by atoms with van der Waals surface area (Å²) >= 11 is 7.67. The fourth-order valence-corrected chi connectivity index (χ4v) is 4.35. The maximum absolute atomic E-state index is 5.72. The molecule has 0 amide bonds. The Morgan fingerprint density at radius 2 is 2.00 bits per heavy atom. The third-order valence-electron chi connectivity index (χ3n) is 4.32. The zero-order valence-corrected chi connectivity index (χ0v) is 15.3. The summed E-state index contributed by atoms with van der Waals surface area (Å²) in [5, 5.41) is 0.270. The number of thioether (sulfide) groups is 1. The second-order valence-corrected chi connectivity index (χ2v) is 7.30. The Morgan fingerprint density at radius 1 is 1.23 bits per heavy atom. The van der Waals surface area contributed by atoms with Crippen LogP contribution in [-0.2, 0) is 4.74 Å². The van der Waals surface area contributed by atoms with E-state index in [1.165, 1.54) is 11.1 Å². The zero-order chi connectivity index (χ0) is 16.1. The highest BCUT2D eigenvalue weighted by atomic mass is 35.5. The summed E-state index contributed by atoms with van der Waals surface area (Å²) in [6.07, 6.45) is 0. The number of methoxy groups -OCH3 is 2. The first-order valence-electron chi connectivity index (χ1n) is 7.63. The van der Waals surface area contributed by atoms with Gasteiger partial charge in [0.2, 0.25) is 0 Å². The van der Waals surface area contributed by atoms with Gasteiger partial charge in [-0.2, -0.15) is 11.8 Å². The lowest BCUT2D eigenvalue weighted by Gasteiger charge is -2.23. The Labute approximate surface area is 142 Å². The molecule has 0 saturated heterocycles. The molecule has 1 aliphatic rings. The quantitative estimate of drug-likeness (QED) is 0.561. The highest BCUT2D eigenvalue weighted by molar-refractivity contribution is 7.99. The number of fused-ring (bicyclic) bond motifs is 1. The lowest BCUT2D eigenvalue weighted by atomic mass is 9.86. The van der Waals surface area contributed by atoms with Crippen LogP contribution in [0.4, 0.5) is 0 Å². The molecule has 1 aliphatic heterocycles. The van der Waals surface area contributed by atoms with Gasteiger partial charge in [0.25, 0.3) is 0 Å². The number of hydrogen-bond acceptors (Lipinski definition) is 4. The van der Waals surface area contributed by atoms with E-state index in [4.69, 9.17) is 25.8 Å². The van der Waals surface area contributed by atoms with Crippen molar-refractivity contribution in [1.29, 1.82) is 0 Å². The van der Waals surface area contributed by atoms with Gasteiger partial charge in [0.15, 0.2) is 0 Å². The van der Waals surface area contributed by atoms with Crippen LogP contribution in [0.5, 0.6) is 11.5 Å². The average molecular weight is 345 g/mol. The minimum absolute atomic E-state index is 0.270. The highest BCUT2D eigenvalue weighted by Gasteiger charge is 2.31. The number of benzene rings is 1. The van der Waals surface area contributed by atoms with Crippen molar-refractivity contribution in [1.82, 2.24) is 0 Å². The number of rotatable bonds is 6. The molecule has 1 aromatic rings. The minimum Gasteiger partial charge on any atom is -0.497 e. The standard InChI is InChI=1S/C17H25ClO3S/c1-11-10-22-16(9-21-6-5-18)17-14(12(11)2)7-13(19-3)8-15(17)20-4/h7-8,11-12,16H,5-6,9-10H2,1-4H3. The lowest BCUT2D eigenvalue weighted by molar-refractivity contribution is 0.150. The van der Waals surface area contributed by atoms with Gasteiger partial charge in [-0.05, 0) is 29.2 Å². The van der Waals surface area contributed by atoms with E-state index in [0.29, 0.717) is 30.9 Å². The van der Waals surface area contributed by atoms with E-state index in [0.717, 1.165) is 17.3 Å². The molecule has 0 bridgehead atoms. The molecule has 0 aromatic heterocycles. The Hall–Kier alpha value is -0.580. The summed E-state index contributed by atoms with van der Waals surface area (Å²) in [6.45, 7) is 5.82. The van der Waals surface area contributed by atoms with Gasteiger partial charge < -0.3 is 14.2 Å². The Bertz CT molecular complexity index is 495. The highest BCUT2D eigenvalue weighted by Crippen LogP contribution is 2.48. The molecule has 0 N–H and O–H groups in total. The number of halogens is 1. The van der Waals surface area contributed by atoms with Crippen LogP contribution in [0.15, 0.2) is 12.1 Å². The first-order valence-corrected chi connectivity index (χ1v) is 9.21. The Balaban J connectivity index is 2.44. The normalized spacial score (nSPS) is 24.5.